The zero-order valence-electron chi connectivity index (χ0n) is 12.2. The molecule has 0 nitrogen and oxygen atoms in total. The first kappa shape index (κ1) is 12.5. The SMILES string of the molecule is CCC1(C)C(CC2(C)CCC2)C(C)C1(C)C. The molecule has 2 fully saturated rings. The third-order valence-electron chi connectivity index (χ3n) is 7.04. The number of hydrogen-bond donors (Lipinski definition) is 0. The van der Waals surface area contributed by atoms with Crippen LogP contribution in [0, 0.1) is 28.1 Å². The van der Waals surface area contributed by atoms with Crippen LogP contribution in [0.3, 0.4) is 0 Å². The number of hydrogen-bond acceptors (Lipinski definition) is 0. The lowest BCUT2D eigenvalue weighted by Crippen LogP contribution is -2.61. The number of rotatable bonds is 3. The van der Waals surface area contributed by atoms with Crippen molar-refractivity contribution >= 4 is 0 Å². The molecule has 0 heteroatoms. The Morgan fingerprint density at radius 1 is 1.06 bits per heavy atom. The molecule has 0 bridgehead atoms. The topological polar surface area (TPSA) is 0 Å². The van der Waals surface area contributed by atoms with Gasteiger partial charge in [-0.25, -0.2) is 0 Å². The Balaban J connectivity index is 2.10. The van der Waals surface area contributed by atoms with Gasteiger partial charge in [0.15, 0.2) is 0 Å². The molecule has 94 valence electrons. The average Bonchev–Trinajstić information content (AvgIpc) is 2.21. The van der Waals surface area contributed by atoms with Crippen LogP contribution in [-0.4, -0.2) is 0 Å². The second-order valence-electron chi connectivity index (χ2n) is 7.76. The van der Waals surface area contributed by atoms with Gasteiger partial charge in [0.05, 0.1) is 0 Å². The fourth-order valence-corrected chi connectivity index (χ4v) is 4.59. The Hall–Kier alpha value is 0. The van der Waals surface area contributed by atoms with Gasteiger partial charge in [0.25, 0.3) is 0 Å². The minimum Gasteiger partial charge on any atom is -0.0648 e. The Labute approximate surface area is 102 Å². The zero-order chi connectivity index (χ0) is 12.2. The second kappa shape index (κ2) is 3.50. The highest BCUT2D eigenvalue weighted by molar-refractivity contribution is 5.10. The summed E-state index contributed by atoms with van der Waals surface area (Å²) in [5, 5.41) is 0. The van der Waals surface area contributed by atoms with Crippen LogP contribution in [0.4, 0.5) is 0 Å². The van der Waals surface area contributed by atoms with Crippen molar-refractivity contribution in [1.29, 1.82) is 0 Å². The first-order valence-electron chi connectivity index (χ1n) is 7.27. The summed E-state index contributed by atoms with van der Waals surface area (Å²) in [6, 6.07) is 0. The van der Waals surface area contributed by atoms with Crippen molar-refractivity contribution in [1.82, 2.24) is 0 Å². The molecule has 2 rings (SSSR count). The highest BCUT2D eigenvalue weighted by Gasteiger charge is 2.61. The summed E-state index contributed by atoms with van der Waals surface area (Å²) in [6.45, 7) is 14.9. The van der Waals surface area contributed by atoms with Crippen molar-refractivity contribution in [2.45, 2.75) is 73.6 Å². The largest absolute Gasteiger partial charge is 0.0648 e. The predicted molar refractivity (Wildman–Crippen MR) is 71.4 cm³/mol. The molecule has 0 aliphatic heterocycles. The van der Waals surface area contributed by atoms with E-state index in [2.05, 4.69) is 41.5 Å². The van der Waals surface area contributed by atoms with Crippen LogP contribution in [0.25, 0.3) is 0 Å². The van der Waals surface area contributed by atoms with E-state index in [0.717, 1.165) is 11.8 Å². The van der Waals surface area contributed by atoms with Crippen molar-refractivity contribution < 1.29 is 0 Å². The van der Waals surface area contributed by atoms with E-state index < -0.39 is 0 Å². The molecular weight excluding hydrogens is 192 g/mol. The first-order chi connectivity index (χ1) is 7.27. The summed E-state index contributed by atoms with van der Waals surface area (Å²) >= 11 is 0. The molecule has 0 aromatic heterocycles. The molecule has 3 unspecified atom stereocenters. The fraction of sp³-hybridized carbons (Fsp3) is 1.00. The van der Waals surface area contributed by atoms with E-state index >= 15 is 0 Å². The Morgan fingerprint density at radius 3 is 2.00 bits per heavy atom. The minimum atomic E-state index is 0.548. The molecular formula is C16H30. The summed E-state index contributed by atoms with van der Waals surface area (Å²) in [4.78, 5) is 0. The molecule has 0 amide bonds. The monoisotopic (exact) mass is 222 g/mol. The van der Waals surface area contributed by atoms with Gasteiger partial charge in [-0.1, -0.05) is 48.0 Å². The predicted octanol–water partition coefficient (Wildman–Crippen LogP) is 5.28. The molecule has 0 saturated heterocycles. The van der Waals surface area contributed by atoms with Gasteiger partial charge in [-0.2, -0.15) is 0 Å². The van der Waals surface area contributed by atoms with E-state index in [4.69, 9.17) is 0 Å². The van der Waals surface area contributed by atoms with Gasteiger partial charge in [0, 0.05) is 0 Å². The molecule has 0 N–H and O–H groups in total. The van der Waals surface area contributed by atoms with Gasteiger partial charge in [0.1, 0.15) is 0 Å². The van der Waals surface area contributed by atoms with Gasteiger partial charge >= 0.3 is 0 Å². The molecule has 0 aromatic carbocycles. The van der Waals surface area contributed by atoms with E-state index in [0.29, 0.717) is 16.2 Å². The third-order valence-corrected chi connectivity index (χ3v) is 7.04. The molecule has 2 aliphatic carbocycles. The molecule has 0 heterocycles. The lowest BCUT2D eigenvalue weighted by atomic mass is 9.37. The fourth-order valence-electron chi connectivity index (χ4n) is 4.59. The quantitative estimate of drug-likeness (QED) is 0.610. The summed E-state index contributed by atoms with van der Waals surface area (Å²) in [6.07, 6.45) is 7.28. The summed E-state index contributed by atoms with van der Waals surface area (Å²) in [5.41, 5.74) is 1.84. The van der Waals surface area contributed by atoms with E-state index in [1.54, 1.807) is 0 Å². The van der Waals surface area contributed by atoms with Gasteiger partial charge in [0.2, 0.25) is 0 Å². The van der Waals surface area contributed by atoms with Crippen LogP contribution in [0.15, 0.2) is 0 Å². The van der Waals surface area contributed by atoms with Crippen LogP contribution in [0.1, 0.15) is 73.6 Å². The van der Waals surface area contributed by atoms with Gasteiger partial charge in [-0.3, -0.25) is 0 Å². The van der Waals surface area contributed by atoms with Crippen molar-refractivity contribution in [3.8, 4) is 0 Å². The van der Waals surface area contributed by atoms with E-state index in [1.165, 1.54) is 32.1 Å². The van der Waals surface area contributed by atoms with Gasteiger partial charge in [-0.05, 0) is 53.8 Å². The Morgan fingerprint density at radius 2 is 1.62 bits per heavy atom. The molecule has 2 saturated carbocycles. The summed E-state index contributed by atoms with van der Waals surface area (Å²) < 4.78 is 0. The molecule has 0 aromatic rings. The van der Waals surface area contributed by atoms with Crippen LogP contribution in [0.2, 0.25) is 0 Å². The van der Waals surface area contributed by atoms with Crippen LogP contribution >= 0.6 is 0 Å². The van der Waals surface area contributed by atoms with Crippen LogP contribution < -0.4 is 0 Å². The zero-order valence-corrected chi connectivity index (χ0v) is 12.2. The highest BCUT2D eigenvalue weighted by Crippen LogP contribution is 2.69. The molecule has 0 spiro atoms. The second-order valence-corrected chi connectivity index (χ2v) is 7.76. The molecule has 16 heavy (non-hydrogen) atoms. The van der Waals surface area contributed by atoms with Crippen molar-refractivity contribution in [3.63, 3.8) is 0 Å². The van der Waals surface area contributed by atoms with Crippen molar-refractivity contribution in [2.75, 3.05) is 0 Å². The van der Waals surface area contributed by atoms with E-state index in [-0.39, 0.29) is 0 Å². The first-order valence-corrected chi connectivity index (χ1v) is 7.27. The Bertz CT molecular complexity index is 272. The van der Waals surface area contributed by atoms with Gasteiger partial charge in [-0.15, -0.1) is 0 Å². The van der Waals surface area contributed by atoms with Crippen LogP contribution in [-0.2, 0) is 0 Å². The van der Waals surface area contributed by atoms with Crippen LogP contribution in [0.5, 0.6) is 0 Å². The van der Waals surface area contributed by atoms with E-state index in [9.17, 15) is 0 Å². The standard InChI is InChI=1S/C16H30/c1-7-16(6)13(12(2)14(16,3)4)11-15(5)9-8-10-15/h12-13H,7-11H2,1-6H3. The lowest BCUT2D eigenvalue weighted by molar-refractivity contribution is -0.191. The van der Waals surface area contributed by atoms with Gasteiger partial charge < -0.3 is 0 Å². The maximum atomic E-state index is 2.54. The van der Waals surface area contributed by atoms with Crippen molar-refractivity contribution in [2.24, 2.45) is 28.1 Å². The highest BCUT2D eigenvalue weighted by atomic mass is 14.7. The lowest BCUT2D eigenvalue weighted by Gasteiger charge is -2.68. The minimum absolute atomic E-state index is 0.548. The maximum Gasteiger partial charge on any atom is -0.0243 e. The smallest absolute Gasteiger partial charge is 0.0243 e. The average molecular weight is 222 g/mol. The normalized spacial score (nSPS) is 44.6. The Kier molecular flexibility index (Phi) is 2.72. The maximum absolute atomic E-state index is 2.54. The van der Waals surface area contributed by atoms with Crippen molar-refractivity contribution in [3.05, 3.63) is 0 Å². The summed E-state index contributed by atoms with van der Waals surface area (Å²) in [7, 11) is 0. The third kappa shape index (κ3) is 1.41. The molecule has 3 atom stereocenters. The van der Waals surface area contributed by atoms with E-state index in [1.807, 2.05) is 0 Å². The molecule has 2 aliphatic rings. The molecule has 0 radical (unpaired) electrons. The summed E-state index contributed by atoms with van der Waals surface area (Å²) in [5.74, 6) is 1.88.